The van der Waals surface area contributed by atoms with Gasteiger partial charge in [-0.25, -0.2) is 0 Å². The zero-order chi connectivity index (χ0) is 12.5. The molecular weight excluding hydrogens is 254 g/mol. The van der Waals surface area contributed by atoms with Crippen LogP contribution < -0.4 is 5.73 Å². The number of ether oxygens (including phenoxy) is 1. The quantitative estimate of drug-likeness (QED) is 0.503. The molecule has 1 heterocycles. The number of methoxy groups -OCH3 is 1. The van der Waals surface area contributed by atoms with Gasteiger partial charge in [0.1, 0.15) is 0 Å². The third-order valence-corrected chi connectivity index (χ3v) is 4.09. The zero-order valence-corrected chi connectivity index (χ0v) is 11.3. The van der Waals surface area contributed by atoms with Gasteiger partial charge in [-0.15, -0.1) is 11.3 Å². The summed E-state index contributed by atoms with van der Waals surface area (Å²) in [4.78, 5) is 13.2. The SMILES string of the molecule is COC(=O)CCSCc1ccc(C#CCN)s1. The first-order valence-corrected chi connectivity index (χ1v) is 7.15. The lowest BCUT2D eigenvalue weighted by Gasteiger charge is -1.98. The van der Waals surface area contributed by atoms with Gasteiger partial charge in [0.2, 0.25) is 0 Å². The lowest BCUT2D eigenvalue weighted by Crippen LogP contribution is -2.00. The van der Waals surface area contributed by atoms with Crippen molar-refractivity contribution in [1.82, 2.24) is 0 Å². The maximum atomic E-state index is 10.9. The molecular formula is C12H15NO2S2. The number of nitrogens with two attached hydrogens (primary N) is 1. The van der Waals surface area contributed by atoms with Crippen LogP contribution in [0.15, 0.2) is 12.1 Å². The minimum atomic E-state index is -0.154. The topological polar surface area (TPSA) is 52.3 Å². The Morgan fingerprint density at radius 3 is 3.12 bits per heavy atom. The first kappa shape index (κ1) is 14.1. The molecule has 0 spiro atoms. The van der Waals surface area contributed by atoms with Crippen LogP contribution in [0.4, 0.5) is 0 Å². The van der Waals surface area contributed by atoms with Gasteiger partial charge >= 0.3 is 5.97 Å². The van der Waals surface area contributed by atoms with E-state index < -0.39 is 0 Å². The van der Waals surface area contributed by atoms with Crippen LogP contribution in [0, 0.1) is 11.8 Å². The van der Waals surface area contributed by atoms with Crippen LogP contribution in [0.25, 0.3) is 0 Å². The van der Waals surface area contributed by atoms with E-state index in [-0.39, 0.29) is 5.97 Å². The van der Waals surface area contributed by atoms with Crippen LogP contribution in [-0.2, 0) is 15.3 Å². The van der Waals surface area contributed by atoms with E-state index in [4.69, 9.17) is 5.73 Å². The van der Waals surface area contributed by atoms with Gasteiger partial charge in [-0.05, 0) is 12.1 Å². The number of carbonyl (C=O) groups is 1. The number of carbonyl (C=O) groups excluding carboxylic acids is 1. The van der Waals surface area contributed by atoms with Crippen LogP contribution in [0.2, 0.25) is 0 Å². The molecule has 0 aliphatic heterocycles. The predicted octanol–water partition coefficient (Wildman–Crippen LogP) is 1.85. The summed E-state index contributed by atoms with van der Waals surface area (Å²) < 4.78 is 4.57. The van der Waals surface area contributed by atoms with Crippen LogP contribution in [-0.4, -0.2) is 25.4 Å². The Labute approximate surface area is 110 Å². The van der Waals surface area contributed by atoms with E-state index in [1.54, 1.807) is 23.1 Å². The highest BCUT2D eigenvalue weighted by atomic mass is 32.2. The van der Waals surface area contributed by atoms with Crippen LogP contribution in [0.3, 0.4) is 0 Å². The van der Waals surface area contributed by atoms with Gasteiger partial charge in [-0.2, -0.15) is 11.8 Å². The maximum absolute atomic E-state index is 10.9. The van der Waals surface area contributed by atoms with Crippen molar-refractivity contribution < 1.29 is 9.53 Å². The molecule has 0 bridgehead atoms. The predicted molar refractivity (Wildman–Crippen MR) is 73.0 cm³/mol. The molecule has 0 atom stereocenters. The van der Waals surface area contributed by atoms with Gasteiger partial charge in [-0.1, -0.05) is 11.8 Å². The van der Waals surface area contributed by atoms with Gasteiger partial charge in [0.25, 0.3) is 0 Å². The molecule has 2 N–H and O–H groups in total. The lowest BCUT2D eigenvalue weighted by molar-refractivity contribution is -0.140. The fraction of sp³-hybridized carbons (Fsp3) is 0.417. The number of thioether (sulfide) groups is 1. The van der Waals surface area contributed by atoms with E-state index in [9.17, 15) is 4.79 Å². The molecule has 0 aliphatic carbocycles. The average Bonchev–Trinajstić information content (AvgIpc) is 2.79. The van der Waals surface area contributed by atoms with Crippen LogP contribution in [0.5, 0.6) is 0 Å². The minimum Gasteiger partial charge on any atom is -0.469 e. The third-order valence-electron chi connectivity index (χ3n) is 1.90. The second-order valence-electron chi connectivity index (χ2n) is 3.15. The molecule has 0 saturated carbocycles. The van der Waals surface area contributed by atoms with Gasteiger partial charge in [0, 0.05) is 16.4 Å². The van der Waals surface area contributed by atoms with Crippen molar-refractivity contribution in [3.63, 3.8) is 0 Å². The van der Waals surface area contributed by atoms with Crippen molar-refractivity contribution in [2.24, 2.45) is 5.73 Å². The smallest absolute Gasteiger partial charge is 0.306 e. The van der Waals surface area contributed by atoms with Crippen molar-refractivity contribution in [2.45, 2.75) is 12.2 Å². The highest BCUT2D eigenvalue weighted by molar-refractivity contribution is 7.98. The normalized spacial score (nSPS) is 9.53. The average molecular weight is 269 g/mol. The van der Waals surface area contributed by atoms with E-state index >= 15 is 0 Å². The van der Waals surface area contributed by atoms with Crippen molar-refractivity contribution in [3.8, 4) is 11.8 Å². The standard InChI is InChI=1S/C12H15NO2S2/c1-15-12(14)6-8-16-9-11-5-4-10(17-11)3-2-7-13/h4-5H,6-9,13H2,1H3. The van der Waals surface area contributed by atoms with E-state index in [0.717, 1.165) is 16.4 Å². The molecule has 0 aliphatic rings. The molecule has 0 saturated heterocycles. The Morgan fingerprint density at radius 2 is 2.41 bits per heavy atom. The summed E-state index contributed by atoms with van der Waals surface area (Å²) in [5.41, 5.74) is 5.31. The van der Waals surface area contributed by atoms with Crippen LogP contribution >= 0.6 is 23.1 Å². The summed E-state index contributed by atoms with van der Waals surface area (Å²) in [6.45, 7) is 0.390. The number of hydrogen-bond donors (Lipinski definition) is 1. The van der Waals surface area contributed by atoms with Gasteiger partial charge in [0.15, 0.2) is 0 Å². The molecule has 17 heavy (non-hydrogen) atoms. The summed E-state index contributed by atoms with van der Waals surface area (Å²) in [6.07, 6.45) is 0.465. The fourth-order valence-electron chi connectivity index (χ4n) is 1.09. The highest BCUT2D eigenvalue weighted by Gasteiger charge is 2.01. The van der Waals surface area contributed by atoms with Crippen molar-refractivity contribution in [1.29, 1.82) is 0 Å². The summed E-state index contributed by atoms with van der Waals surface area (Å²) >= 11 is 3.40. The Kier molecular flexibility index (Phi) is 6.78. The van der Waals surface area contributed by atoms with Gasteiger partial charge in [-0.3, -0.25) is 4.79 Å². The Hall–Kier alpha value is -0.960. The number of thiophene rings is 1. The van der Waals surface area contributed by atoms with E-state index in [1.165, 1.54) is 12.0 Å². The molecule has 5 heteroatoms. The molecule has 1 rings (SSSR count). The summed E-state index contributed by atoms with van der Waals surface area (Å²) in [7, 11) is 1.41. The molecule has 3 nitrogen and oxygen atoms in total. The van der Waals surface area contributed by atoms with Crippen molar-refractivity contribution in [2.75, 3.05) is 19.4 Å². The van der Waals surface area contributed by atoms with E-state index in [2.05, 4.69) is 22.6 Å². The van der Waals surface area contributed by atoms with Gasteiger partial charge < -0.3 is 10.5 Å². The first-order valence-electron chi connectivity index (χ1n) is 5.18. The molecule has 1 aromatic rings. The third kappa shape index (κ3) is 5.78. The summed E-state index contributed by atoms with van der Waals surface area (Å²) in [5, 5.41) is 0. The number of hydrogen-bond acceptors (Lipinski definition) is 5. The molecule has 0 aromatic carbocycles. The molecule has 92 valence electrons. The largest absolute Gasteiger partial charge is 0.469 e. The van der Waals surface area contributed by atoms with Crippen LogP contribution in [0.1, 0.15) is 16.2 Å². The van der Waals surface area contributed by atoms with Crippen molar-refractivity contribution >= 4 is 29.1 Å². The Morgan fingerprint density at radius 1 is 1.59 bits per heavy atom. The minimum absolute atomic E-state index is 0.154. The zero-order valence-electron chi connectivity index (χ0n) is 9.69. The maximum Gasteiger partial charge on any atom is 0.306 e. The summed E-state index contributed by atoms with van der Waals surface area (Å²) in [5.74, 6) is 7.37. The molecule has 0 unspecified atom stereocenters. The first-order chi connectivity index (χ1) is 8.26. The van der Waals surface area contributed by atoms with E-state index in [1.807, 2.05) is 6.07 Å². The fourth-order valence-corrected chi connectivity index (χ4v) is 3.01. The lowest BCUT2D eigenvalue weighted by atomic mass is 10.4. The van der Waals surface area contributed by atoms with E-state index in [0.29, 0.717) is 13.0 Å². The number of esters is 1. The van der Waals surface area contributed by atoms with Gasteiger partial charge in [0.05, 0.1) is 25.0 Å². The summed E-state index contributed by atoms with van der Waals surface area (Å²) in [6, 6.07) is 4.07. The number of rotatable bonds is 5. The van der Waals surface area contributed by atoms with Crippen molar-refractivity contribution in [3.05, 3.63) is 21.9 Å². The molecule has 0 radical (unpaired) electrons. The Bertz CT molecular complexity index is 418. The second-order valence-corrected chi connectivity index (χ2v) is 5.42. The second kappa shape index (κ2) is 8.18. The molecule has 0 fully saturated rings. The highest BCUT2D eigenvalue weighted by Crippen LogP contribution is 2.21. The molecule has 1 aromatic heterocycles. The monoisotopic (exact) mass is 269 g/mol. The molecule has 0 amide bonds. The Balaban J connectivity index is 2.28.